The van der Waals surface area contributed by atoms with Crippen molar-refractivity contribution >= 4 is 11.7 Å². The monoisotopic (exact) mass is 365 g/mol. The number of halogens is 3. The molecule has 3 rings (SSSR count). The number of aromatic nitrogens is 4. The van der Waals surface area contributed by atoms with Crippen LogP contribution < -0.4 is 5.32 Å². The second-order valence-electron chi connectivity index (χ2n) is 5.55. The lowest BCUT2D eigenvalue weighted by Gasteiger charge is -2.14. The molecular formula is C16H14F3N5O2. The van der Waals surface area contributed by atoms with E-state index in [4.69, 9.17) is 0 Å². The summed E-state index contributed by atoms with van der Waals surface area (Å²) in [4.78, 5) is 12.1. The summed E-state index contributed by atoms with van der Waals surface area (Å²) < 4.78 is 45.2. The first kappa shape index (κ1) is 17.6. The molecule has 0 saturated heterocycles. The van der Waals surface area contributed by atoms with E-state index in [1.54, 1.807) is 6.92 Å². The minimum Gasteiger partial charge on any atom is -0.311 e. The van der Waals surface area contributed by atoms with E-state index >= 15 is 0 Å². The van der Waals surface area contributed by atoms with Crippen LogP contribution in [0.25, 0.3) is 0 Å². The van der Waals surface area contributed by atoms with Crippen LogP contribution in [0.4, 0.5) is 19.0 Å². The molecule has 2 heterocycles. The van der Waals surface area contributed by atoms with Crippen molar-refractivity contribution in [2.45, 2.75) is 26.1 Å². The molecule has 0 spiro atoms. The van der Waals surface area contributed by atoms with Crippen LogP contribution in [-0.2, 0) is 23.9 Å². The minimum absolute atomic E-state index is 0.0516. The lowest BCUT2D eigenvalue weighted by molar-refractivity contribution is -0.138. The van der Waals surface area contributed by atoms with E-state index in [9.17, 15) is 18.0 Å². The van der Waals surface area contributed by atoms with Crippen LogP contribution in [0, 0.1) is 6.92 Å². The first-order chi connectivity index (χ1) is 12.3. The molecule has 0 fully saturated rings. The highest BCUT2D eigenvalue weighted by atomic mass is 19.4. The van der Waals surface area contributed by atoms with Gasteiger partial charge in [-0.25, -0.2) is 9.31 Å². The molecule has 0 bridgehead atoms. The number of benzene rings is 1. The zero-order valence-electron chi connectivity index (χ0n) is 13.6. The van der Waals surface area contributed by atoms with Crippen molar-refractivity contribution in [1.29, 1.82) is 0 Å². The first-order valence-corrected chi connectivity index (χ1v) is 7.59. The van der Waals surface area contributed by atoms with Gasteiger partial charge < -0.3 is 5.32 Å². The Kier molecular flexibility index (Phi) is 4.74. The number of nitrogens with one attached hydrogen (secondary N) is 1. The smallest absolute Gasteiger partial charge is 0.311 e. The van der Waals surface area contributed by atoms with Gasteiger partial charge >= 0.3 is 6.18 Å². The predicted molar refractivity (Wildman–Crippen MR) is 84.1 cm³/mol. The van der Waals surface area contributed by atoms with Crippen molar-refractivity contribution < 1.29 is 22.6 Å². The van der Waals surface area contributed by atoms with Gasteiger partial charge in [-0.05, 0) is 18.6 Å². The Morgan fingerprint density at radius 2 is 2.00 bits per heavy atom. The number of rotatable bonds is 5. The van der Waals surface area contributed by atoms with Crippen LogP contribution in [0.5, 0.6) is 0 Å². The third-order valence-corrected chi connectivity index (χ3v) is 3.70. The van der Waals surface area contributed by atoms with Crippen LogP contribution in [0.3, 0.4) is 0 Å². The SMILES string of the molecule is Cc1nonc1CC(=O)Nc1ccnn1Cc1ccccc1C(F)(F)F. The Hall–Kier alpha value is -3.17. The highest BCUT2D eigenvalue weighted by Gasteiger charge is 2.33. The number of hydrogen-bond donors (Lipinski definition) is 1. The largest absolute Gasteiger partial charge is 0.416 e. The predicted octanol–water partition coefficient (Wildman–Crippen LogP) is 2.82. The second kappa shape index (κ2) is 6.98. The second-order valence-corrected chi connectivity index (χ2v) is 5.55. The fourth-order valence-corrected chi connectivity index (χ4v) is 2.41. The fourth-order valence-electron chi connectivity index (χ4n) is 2.41. The summed E-state index contributed by atoms with van der Waals surface area (Å²) in [7, 11) is 0. The van der Waals surface area contributed by atoms with E-state index in [-0.39, 0.29) is 24.3 Å². The normalized spacial score (nSPS) is 11.5. The van der Waals surface area contributed by atoms with Crippen molar-refractivity contribution in [3.8, 4) is 0 Å². The van der Waals surface area contributed by atoms with E-state index in [2.05, 4.69) is 25.4 Å². The Morgan fingerprint density at radius 1 is 1.23 bits per heavy atom. The molecule has 26 heavy (non-hydrogen) atoms. The van der Waals surface area contributed by atoms with E-state index < -0.39 is 17.6 Å². The van der Waals surface area contributed by atoms with Gasteiger partial charge in [0.05, 0.1) is 24.7 Å². The standard InChI is InChI=1S/C16H14F3N5O2/c1-10-13(23-26-22-10)8-15(25)21-14-6-7-20-24(14)9-11-4-2-3-5-12(11)16(17,18)19/h2-7H,8-9H2,1H3,(H,21,25). The van der Waals surface area contributed by atoms with E-state index in [1.165, 1.54) is 35.1 Å². The van der Waals surface area contributed by atoms with Gasteiger partial charge in [-0.2, -0.15) is 18.3 Å². The molecule has 1 aromatic carbocycles. The molecule has 0 aliphatic rings. The summed E-state index contributed by atoms with van der Waals surface area (Å²) in [6.07, 6.45) is -3.14. The molecule has 136 valence electrons. The topological polar surface area (TPSA) is 85.8 Å². The number of aryl methyl sites for hydroxylation is 1. The van der Waals surface area contributed by atoms with Crippen LogP contribution in [0.15, 0.2) is 41.2 Å². The Morgan fingerprint density at radius 3 is 2.69 bits per heavy atom. The van der Waals surface area contributed by atoms with Crippen molar-refractivity contribution in [2.75, 3.05) is 5.32 Å². The van der Waals surface area contributed by atoms with Crippen molar-refractivity contribution in [3.05, 3.63) is 59.0 Å². The third-order valence-electron chi connectivity index (χ3n) is 3.70. The Bertz CT molecular complexity index is 917. The summed E-state index contributed by atoms with van der Waals surface area (Å²) in [5.74, 6) is -0.129. The molecular weight excluding hydrogens is 351 g/mol. The van der Waals surface area contributed by atoms with Crippen LogP contribution in [0.1, 0.15) is 22.5 Å². The summed E-state index contributed by atoms with van der Waals surface area (Å²) in [6.45, 7) is 1.51. The van der Waals surface area contributed by atoms with Gasteiger partial charge in [0, 0.05) is 6.07 Å². The highest BCUT2D eigenvalue weighted by molar-refractivity contribution is 5.91. The molecule has 3 aromatic rings. The van der Waals surface area contributed by atoms with Crippen LogP contribution in [-0.4, -0.2) is 26.0 Å². The van der Waals surface area contributed by atoms with E-state index in [1.807, 2.05) is 0 Å². The maximum Gasteiger partial charge on any atom is 0.416 e. The summed E-state index contributed by atoms with van der Waals surface area (Å²) in [6, 6.07) is 6.74. The molecule has 10 heteroatoms. The number of nitrogens with zero attached hydrogens (tertiary/aromatic N) is 4. The molecule has 0 unspecified atom stereocenters. The van der Waals surface area contributed by atoms with E-state index in [0.29, 0.717) is 11.4 Å². The molecule has 1 N–H and O–H groups in total. The summed E-state index contributed by atoms with van der Waals surface area (Å²) in [5, 5.41) is 13.8. The molecule has 7 nitrogen and oxygen atoms in total. The Labute approximate surface area is 145 Å². The van der Waals surface area contributed by atoms with Crippen molar-refractivity contribution in [3.63, 3.8) is 0 Å². The Balaban J connectivity index is 1.76. The summed E-state index contributed by atoms with van der Waals surface area (Å²) >= 11 is 0. The quantitative estimate of drug-likeness (QED) is 0.751. The average molecular weight is 365 g/mol. The highest BCUT2D eigenvalue weighted by Crippen LogP contribution is 2.32. The molecule has 0 radical (unpaired) electrons. The van der Waals surface area contributed by atoms with Gasteiger partial charge in [0.1, 0.15) is 17.2 Å². The lowest BCUT2D eigenvalue weighted by atomic mass is 10.1. The molecule has 0 atom stereocenters. The molecule has 1 amide bonds. The van der Waals surface area contributed by atoms with Gasteiger partial charge in [0.25, 0.3) is 0 Å². The number of alkyl halides is 3. The van der Waals surface area contributed by atoms with Gasteiger partial charge in [-0.15, -0.1) is 0 Å². The zero-order valence-corrected chi connectivity index (χ0v) is 13.6. The zero-order chi connectivity index (χ0) is 18.7. The summed E-state index contributed by atoms with van der Waals surface area (Å²) in [5.41, 5.74) is 0.191. The minimum atomic E-state index is -4.47. The number of amides is 1. The van der Waals surface area contributed by atoms with Crippen LogP contribution >= 0.6 is 0 Å². The van der Waals surface area contributed by atoms with Crippen molar-refractivity contribution in [1.82, 2.24) is 20.1 Å². The van der Waals surface area contributed by atoms with E-state index in [0.717, 1.165) is 6.07 Å². The van der Waals surface area contributed by atoms with Crippen molar-refractivity contribution in [2.24, 2.45) is 0 Å². The van der Waals surface area contributed by atoms with Gasteiger partial charge in [0.2, 0.25) is 5.91 Å². The first-order valence-electron chi connectivity index (χ1n) is 7.59. The number of anilines is 1. The number of hydrogen-bond acceptors (Lipinski definition) is 5. The average Bonchev–Trinajstić information content (AvgIpc) is 3.17. The van der Waals surface area contributed by atoms with Gasteiger partial charge in [-0.3, -0.25) is 4.79 Å². The number of carbonyl (C=O) groups is 1. The molecule has 2 aromatic heterocycles. The number of carbonyl (C=O) groups excluding carboxylic acids is 1. The maximum absolute atomic E-state index is 13.1. The van der Waals surface area contributed by atoms with Gasteiger partial charge in [0.15, 0.2) is 0 Å². The van der Waals surface area contributed by atoms with Crippen LogP contribution in [0.2, 0.25) is 0 Å². The maximum atomic E-state index is 13.1. The molecule has 0 saturated carbocycles. The van der Waals surface area contributed by atoms with Gasteiger partial charge in [-0.1, -0.05) is 28.5 Å². The molecule has 0 aliphatic carbocycles. The fraction of sp³-hybridized carbons (Fsp3) is 0.250. The third kappa shape index (κ3) is 3.90. The lowest BCUT2D eigenvalue weighted by Crippen LogP contribution is -2.19. The molecule has 0 aliphatic heterocycles.